The van der Waals surface area contributed by atoms with Crippen molar-refractivity contribution in [3.8, 4) is 0 Å². The smallest absolute Gasteiger partial charge is 0.321 e. The molecule has 1 heterocycles. The molecule has 0 radical (unpaired) electrons. The van der Waals surface area contributed by atoms with E-state index in [-0.39, 0.29) is 24.3 Å². The van der Waals surface area contributed by atoms with Crippen molar-refractivity contribution in [2.75, 3.05) is 11.9 Å². The first-order valence-corrected chi connectivity index (χ1v) is 6.11. The number of carbonyl (C=O) groups excluding carboxylic acids is 1. The molecule has 0 aromatic carbocycles. The van der Waals surface area contributed by atoms with Gasteiger partial charge in [-0.05, 0) is 24.8 Å². The van der Waals surface area contributed by atoms with Gasteiger partial charge in [0, 0.05) is 25.4 Å². The summed E-state index contributed by atoms with van der Waals surface area (Å²) >= 11 is 0. The summed E-state index contributed by atoms with van der Waals surface area (Å²) in [5.74, 6) is -0.290. The summed E-state index contributed by atoms with van der Waals surface area (Å²) < 4.78 is 0. The topological polar surface area (TPSA) is 104 Å². The minimum absolute atomic E-state index is 0.158. The number of carboxylic acids is 1. The monoisotopic (exact) mass is 266 g/mol. The second-order valence-electron chi connectivity index (χ2n) is 4.28. The van der Waals surface area contributed by atoms with E-state index in [1.54, 1.807) is 6.07 Å². The average Bonchev–Trinajstić information content (AvgIpc) is 2.37. The Morgan fingerprint density at radius 1 is 1.32 bits per heavy atom. The Bertz CT molecular complexity index is 411. The number of amides is 2. The van der Waals surface area contributed by atoms with Crippen LogP contribution in [-0.4, -0.2) is 33.6 Å². The van der Waals surface area contributed by atoms with Gasteiger partial charge in [0.1, 0.15) is 0 Å². The van der Waals surface area contributed by atoms with Crippen molar-refractivity contribution in [3.63, 3.8) is 0 Å². The predicted molar refractivity (Wildman–Crippen MR) is 69.7 cm³/mol. The number of nitrogens with one attached hydrogen (secondary N) is 2. The summed E-state index contributed by atoms with van der Waals surface area (Å²) in [5.41, 5.74) is 0. The molecule has 0 bridgehead atoms. The van der Waals surface area contributed by atoms with E-state index < -0.39 is 5.97 Å². The molecule has 0 saturated heterocycles. The van der Waals surface area contributed by atoms with Crippen LogP contribution in [0.3, 0.4) is 0 Å². The Hall–Kier alpha value is -2.18. The van der Waals surface area contributed by atoms with Crippen LogP contribution in [0.25, 0.3) is 0 Å². The molecule has 0 saturated carbocycles. The normalized spacial score (nSPS) is 11.6. The van der Waals surface area contributed by atoms with E-state index in [9.17, 15) is 9.59 Å². The third-order valence-electron chi connectivity index (χ3n) is 2.56. The molecule has 1 aromatic rings. The highest BCUT2D eigenvalue weighted by Crippen LogP contribution is 2.09. The Morgan fingerprint density at radius 2 is 2.00 bits per heavy atom. The summed E-state index contributed by atoms with van der Waals surface area (Å²) in [7, 11) is 0. The maximum absolute atomic E-state index is 11.5. The van der Waals surface area contributed by atoms with E-state index in [2.05, 4.69) is 20.6 Å². The van der Waals surface area contributed by atoms with Crippen LogP contribution in [0.2, 0.25) is 0 Å². The van der Waals surface area contributed by atoms with Gasteiger partial charge >= 0.3 is 12.0 Å². The van der Waals surface area contributed by atoms with Crippen molar-refractivity contribution >= 4 is 17.9 Å². The molecule has 1 rings (SSSR count). The van der Waals surface area contributed by atoms with Gasteiger partial charge in [-0.1, -0.05) is 6.92 Å². The summed E-state index contributed by atoms with van der Waals surface area (Å²) in [6.07, 6.45) is 4.58. The summed E-state index contributed by atoms with van der Waals surface area (Å²) in [6.45, 7) is 2.45. The molecular weight excluding hydrogens is 248 g/mol. The minimum Gasteiger partial charge on any atom is -0.481 e. The number of nitrogens with zero attached hydrogens (tertiary/aromatic N) is 2. The van der Waals surface area contributed by atoms with Crippen molar-refractivity contribution in [1.29, 1.82) is 0 Å². The fourth-order valence-electron chi connectivity index (χ4n) is 1.46. The number of rotatable bonds is 7. The van der Waals surface area contributed by atoms with Gasteiger partial charge in [0.05, 0.1) is 0 Å². The molecule has 7 nitrogen and oxygen atoms in total. The highest BCUT2D eigenvalue weighted by Gasteiger charge is 2.07. The molecule has 0 aliphatic carbocycles. The zero-order chi connectivity index (χ0) is 14.1. The Morgan fingerprint density at radius 3 is 2.63 bits per heavy atom. The van der Waals surface area contributed by atoms with Gasteiger partial charge < -0.3 is 10.4 Å². The number of aliphatic carboxylic acids is 1. The van der Waals surface area contributed by atoms with Gasteiger partial charge in [0.25, 0.3) is 0 Å². The molecule has 3 N–H and O–H groups in total. The second kappa shape index (κ2) is 8.02. The highest BCUT2D eigenvalue weighted by molar-refractivity contribution is 5.87. The van der Waals surface area contributed by atoms with Crippen LogP contribution in [-0.2, 0) is 4.79 Å². The van der Waals surface area contributed by atoms with Gasteiger partial charge in [-0.15, -0.1) is 0 Å². The quantitative estimate of drug-likeness (QED) is 0.693. The molecule has 0 fully saturated rings. The van der Waals surface area contributed by atoms with Gasteiger partial charge in [-0.3, -0.25) is 10.1 Å². The zero-order valence-electron chi connectivity index (χ0n) is 10.8. The number of hydrogen-bond donors (Lipinski definition) is 3. The standard InChI is InChI=1S/C12H18N4O3/c1-9(3-4-10(17)18)5-8-15-12(19)16-11-13-6-2-7-14-11/h2,6-7,9H,3-5,8H2,1H3,(H,17,18)(H2,13,14,15,16,19). The van der Waals surface area contributed by atoms with Crippen molar-refractivity contribution < 1.29 is 14.7 Å². The molecule has 0 aliphatic rings. The summed E-state index contributed by atoms with van der Waals surface area (Å²) in [6, 6.07) is 1.30. The van der Waals surface area contributed by atoms with Gasteiger partial charge in [0.2, 0.25) is 5.95 Å². The van der Waals surface area contributed by atoms with Gasteiger partial charge in [-0.25, -0.2) is 14.8 Å². The number of anilines is 1. The van der Waals surface area contributed by atoms with Crippen LogP contribution in [0.15, 0.2) is 18.5 Å². The largest absolute Gasteiger partial charge is 0.481 e. The number of carbonyl (C=O) groups is 2. The first kappa shape index (κ1) is 14.9. The number of carboxylic acid groups (broad SMARTS) is 1. The molecule has 7 heteroatoms. The average molecular weight is 266 g/mol. The molecule has 2 amide bonds. The first-order chi connectivity index (χ1) is 9.08. The zero-order valence-corrected chi connectivity index (χ0v) is 10.8. The molecular formula is C12H18N4O3. The van der Waals surface area contributed by atoms with Crippen molar-refractivity contribution in [3.05, 3.63) is 18.5 Å². The van der Waals surface area contributed by atoms with Crippen LogP contribution in [0.4, 0.5) is 10.7 Å². The lowest BCUT2D eigenvalue weighted by Gasteiger charge is -2.10. The van der Waals surface area contributed by atoms with Gasteiger partial charge in [-0.2, -0.15) is 0 Å². The van der Waals surface area contributed by atoms with Crippen LogP contribution < -0.4 is 10.6 Å². The highest BCUT2D eigenvalue weighted by atomic mass is 16.4. The van der Waals surface area contributed by atoms with Crippen molar-refractivity contribution in [2.24, 2.45) is 5.92 Å². The molecule has 1 aromatic heterocycles. The van der Waals surface area contributed by atoms with Crippen LogP contribution >= 0.6 is 0 Å². The van der Waals surface area contributed by atoms with Crippen LogP contribution in [0.1, 0.15) is 26.2 Å². The van der Waals surface area contributed by atoms with Crippen molar-refractivity contribution in [2.45, 2.75) is 26.2 Å². The van der Waals surface area contributed by atoms with E-state index in [0.717, 1.165) is 6.42 Å². The maximum Gasteiger partial charge on any atom is 0.321 e. The molecule has 1 atom stereocenters. The number of urea groups is 1. The SMILES string of the molecule is CC(CCNC(=O)Nc1ncccn1)CCC(=O)O. The molecule has 104 valence electrons. The van der Waals surface area contributed by atoms with Crippen molar-refractivity contribution in [1.82, 2.24) is 15.3 Å². The van der Waals surface area contributed by atoms with E-state index in [4.69, 9.17) is 5.11 Å². The molecule has 0 spiro atoms. The maximum atomic E-state index is 11.5. The van der Waals surface area contributed by atoms with E-state index in [1.807, 2.05) is 6.92 Å². The lowest BCUT2D eigenvalue weighted by atomic mass is 10.0. The summed E-state index contributed by atoms with van der Waals surface area (Å²) in [4.78, 5) is 29.6. The third kappa shape index (κ3) is 6.97. The Labute approximate surface area is 111 Å². The van der Waals surface area contributed by atoms with E-state index in [1.165, 1.54) is 12.4 Å². The minimum atomic E-state index is -0.793. The van der Waals surface area contributed by atoms with E-state index in [0.29, 0.717) is 13.0 Å². The fourth-order valence-corrected chi connectivity index (χ4v) is 1.46. The Balaban J connectivity index is 2.15. The molecule has 19 heavy (non-hydrogen) atoms. The lowest BCUT2D eigenvalue weighted by molar-refractivity contribution is -0.137. The number of aromatic nitrogens is 2. The Kier molecular flexibility index (Phi) is 6.28. The molecule has 0 aliphatic heterocycles. The number of hydrogen-bond acceptors (Lipinski definition) is 4. The predicted octanol–water partition coefficient (Wildman–Crippen LogP) is 1.49. The fraction of sp³-hybridized carbons (Fsp3) is 0.500. The summed E-state index contributed by atoms with van der Waals surface area (Å²) in [5, 5.41) is 13.7. The molecule has 1 unspecified atom stereocenters. The lowest BCUT2D eigenvalue weighted by Crippen LogP contribution is -2.31. The van der Waals surface area contributed by atoms with E-state index >= 15 is 0 Å². The second-order valence-corrected chi connectivity index (χ2v) is 4.28. The third-order valence-corrected chi connectivity index (χ3v) is 2.56. The van der Waals surface area contributed by atoms with Gasteiger partial charge in [0.15, 0.2) is 0 Å². The first-order valence-electron chi connectivity index (χ1n) is 6.11. The van der Waals surface area contributed by atoms with Crippen LogP contribution in [0, 0.1) is 5.92 Å². The van der Waals surface area contributed by atoms with Crippen LogP contribution in [0.5, 0.6) is 0 Å².